The maximum absolute atomic E-state index is 13.2. The molecule has 190 valence electrons. The van der Waals surface area contributed by atoms with Gasteiger partial charge < -0.3 is 29.2 Å². The number of nitrogens with zero attached hydrogens (tertiary/aromatic N) is 2. The number of ether oxygens (including phenoxy) is 4. The summed E-state index contributed by atoms with van der Waals surface area (Å²) < 4.78 is 21.1. The number of H-pyrrole nitrogens is 1. The summed E-state index contributed by atoms with van der Waals surface area (Å²) in [5.74, 6) is 1.49. The van der Waals surface area contributed by atoms with E-state index in [1.165, 1.54) is 12.7 Å². The van der Waals surface area contributed by atoms with Crippen LogP contribution in [0.25, 0.3) is 10.9 Å². The molecule has 3 aromatic rings. The monoisotopic (exact) mass is 494 g/mol. The molecule has 1 atom stereocenters. The Morgan fingerprint density at radius 2 is 1.83 bits per heavy atom. The van der Waals surface area contributed by atoms with Crippen LogP contribution < -0.4 is 19.5 Å². The number of aromatic amines is 1. The summed E-state index contributed by atoms with van der Waals surface area (Å²) in [6, 6.07) is 11.0. The third-order valence-corrected chi connectivity index (χ3v) is 6.82. The van der Waals surface area contributed by atoms with Crippen LogP contribution in [0.3, 0.4) is 0 Å². The number of amides is 1. The van der Waals surface area contributed by atoms with Gasteiger partial charge in [0.15, 0.2) is 11.5 Å². The van der Waals surface area contributed by atoms with Gasteiger partial charge in [0.2, 0.25) is 12.7 Å². The molecular weight excluding hydrogens is 464 g/mol. The van der Waals surface area contributed by atoms with Crippen molar-refractivity contribution >= 4 is 28.5 Å². The lowest BCUT2D eigenvalue weighted by atomic mass is 10.1. The molecule has 0 bridgehead atoms. The molecule has 1 aromatic heterocycles. The van der Waals surface area contributed by atoms with Crippen LogP contribution in [-0.2, 0) is 16.1 Å². The first-order valence-corrected chi connectivity index (χ1v) is 11.9. The molecule has 2 aliphatic rings. The third-order valence-electron chi connectivity index (χ3n) is 6.82. The van der Waals surface area contributed by atoms with E-state index in [0.717, 1.165) is 44.2 Å². The minimum Gasteiger partial charge on any atom is -0.497 e. The molecule has 10 heteroatoms. The van der Waals surface area contributed by atoms with Gasteiger partial charge in [0.05, 0.1) is 31.5 Å². The molecule has 0 aliphatic carbocycles. The van der Waals surface area contributed by atoms with Crippen LogP contribution in [0.1, 0.15) is 23.0 Å². The fourth-order valence-electron chi connectivity index (χ4n) is 4.69. The molecule has 3 heterocycles. The van der Waals surface area contributed by atoms with Gasteiger partial charge in [0, 0.05) is 44.2 Å². The topological polar surface area (TPSA) is 105 Å². The molecule has 2 aromatic carbocycles. The molecule has 1 fully saturated rings. The van der Waals surface area contributed by atoms with Crippen LogP contribution in [0.4, 0.5) is 5.69 Å². The second-order valence-electron chi connectivity index (χ2n) is 8.94. The first-order chi connectivity index (χ1) is 17.5. The van der Waals surface area contributed by atoms with Crippen molar-refractivity contribution in [3.05, 3.63) is 47.7 Å². The summed E-state index contributed by atoms with van der Waals surface area (Å²) in [6.07, 6.45) is 0. The van der Waals surface area contributed by atoms with Gasteiger partial charge in [0.25, 0.3) is 0 Å². The summed E-state index contributed by atoms with van der Waals surface area (Å²) >= 11 is 0. The zero-order valence-corrected chi connectivity index (χ0v) is 20.6. The fourth-order valence-corrected chi connectivity index (χ4v) is 4.69. The van der Waals surface area contributed by atoms with E-state index >= 15 is 0 Å². The second kappa shape index (κ2) is 10.1. The van der Waals surface area contributed by atoms with Crippen LogP contribution in [0.2, 0.25) is 0 Å². The SMILES string of the molecule is COC(=O)c1[nH]c2cc(OC)ccc2c1NC(=O)[C@H](C)N1CCN(Cc2ccc3c(c2)OCO3)CC1. The number of methoxy groups -OCH3 is 2. The number of rotatable bonds is 7. The van der Waals surface area contributed by atoms with Crippen molar-refractivity contribution in [1.29, 1.82) is 0 Å². The fraction of sp³-hybridized carbons (Fsp3) is 0.385. The van der Waals surface area contributed by atoms with Crippen LogP contribution in [0.5, 0.6) is 17.2 Å². The number of piperazine rings is 1. The lowest BCUT2D eigenvalue weighted by Gasteiger charge is -2.37. The van der Waals surface area contributed by atoms with E-state index in [9.17, 15) is 9.59 Å². The van der Waals surface area contributed by atoms with Gasteiger partial charge in [-0.05, 0) is 36.8 Å². The Kier molecular flexibility index (Phi) is 6.71. The standard InChI is InChI=1S/C26H30N4O6/c1-16(30-10-8-29(9-11-30)14-17-4-7-21-22(12-17)36-15-35-21)25(31)28-23-19-6-5-18(33-2)13-20(19)27-24(23)26(32)34-3/h4-7,12-13,16,27H,8-11,14-15H2,1-3H3,(H,28,31)/t16-/m0/s1. The molecule has 5 rings (SSSR count). The van der Waals surface area contributed by atoms with Crippen LogP contribution in [0, 0.1) is 0 Å². The molecule has 10 nitrogen and oxygen atoms in total. The average Bonchev–Trinajstić information content (AvgIpc) is 3.52. The Bertz CT molecular complexity index is 1280. The molecule has 1 saturated heterocycles. The molecule has 2 aliphatic heterocycles. The van der Waals surface area contributed by atoms with Crippen molar-refractivity contribution in [2.24, 2.45) is 0 Å². The van der Waals surface area contributed by atoms with Crippen LogP contribution >= 0.6 is 0 Å². The van der Waals surface area contributed by atoms with E-state index in [1.807, 2.05) is 25.1 Å². The number of hydrogen-bond donors (Lipinski definition) is 2. The quantitative estimate of drug-likeness (QED) is 0.483. The van der Waals surface area contributed by atoms with E-state index in [2.05, 4.69) is 26.2 Å². The van der Waals surface area contributed by atoms with Crippen LogP contribution in [0.15, 0.2) is 36.4 Å². The summed E-state index contributed by atoms with van der Waals surface area (Å²) in [5.41, 5.74) is 2.47. The Labute approximate surface area is 209 Å². The van der Waals surface area contributed by atoms with E-state index in [4.69, 9.17) is 18.9 Å². The lowest BCUT2D eigenvalue weighted by Crippen LogP contribution is -2.52. The molecular formula is C26H30N4O6. The number of esters is 1. The predicted octanol–water partition coefficient (Wildman–Crippen LogP) is 2.84. The average molecular weight is 495 g/mol. The minimum atomic E-state index is -0.551. The van der Waals surface area contributed by atoms with Crippen molar-refractivity contribution < 1.29 is 28.5 Å². The molecule has 0 unspecified atom stereocenters. The highest BCUT2D eigenvalue weighted by atomic mass is 16.7. The lowest BCUT2D eigenvalue weighted by molar-refractivity contribution is -0.121. The first-order valence-electron chi connectivity index (χ1n) is 11.9. The van der Waals surface area contributed by atoms with Crippen molar-refractivity contribution in [3.63, 3.8) is 0 Å². The van der Waals surface area contributed by atoms with Gasteiger partial charge >= 0.3 is 5.97 Å². The Morgan fingerprint density at radius 3 is 2.58 bits per heavy atom. The van der Waals surface area contributed by atoms with Gasteiger partial charge in [-0.1, -0.05) is 6.07 Å². The molecule has 0 spiro atoms. The zero-order chi connectivity index (χ0) is 25.2. The summed E-state index contributed by atoms with van der Waals surface area (Å²) in [7, 11) is 2.89. The van der Waals surface area contributed by atoms with Gasteiger partial charge in [-0.2, -0.15) is 0 Å². The zero-order valence-electron chi connectivity index (χ0n) is 20.6. The smallest absolute Gasteiger partial charge is 0.356 e. The van der Waals surface area contributed by atoms with Gasteiger partial charge in [-0.25, -0.2) is 4.79 Å². The number of benzene rings is 2. The maximum atomic E-state index is 13.2. The highest BCUT2D eigenvalue weighted by molar-refractivity contribution is 6.11. The van der Waals surface area contributed by atoms with Crippen molar-refractivity contribution in [1.82, 2.24) is 14.8 Å². The summed E-state index contributed by atoms with van der Waals surface area (Å²) in [6.45, 7) is 6.16. The number of anilines is 1. The van der Waals surface area contributed by atoms with Gasteiger partial charge in [-0.15, -0.1) is 0 Å². The molecule has 0 radical (unpaired) electrons. The van der Waals surface area contributed by atoms with E-state index < -0.39 is 5.97 Å². The maximum Gasteiger partial charge on any atom is 0.356 e. The second-order valence-corrected chi connectivity index (χ2v) is 8.94. The number of aromatic nitrogens is 1. The van der Waals surface area contributed by atoms with Crippen molar-refractivity contribution in [3.8, 4) is 17.2 Å². The summed E-state index contributed by atoms with van der Waals surface area (Å²) in [4.78, 5) is 33.2. The van der Waals surface area contributed by atoms with Crippen molar-refractivity contribution in [2.45, 2.75) is 19.5 Å². The minimum absolute atomic E-state index is 0.180. The third kappa shape index (κ3) is 4.69. The molecule has 36 heavy (non-hydrogen) atoms. The number of carbonyl (C=O) groups is 2. The van der Waals surface area contributed by atoms with E-state index in [0.29, 0.717) is 22.3 Å². The van der Waals surface area contributed by atoms with E-state index in [1.54, 1.807) is 19.2 Å². The van der Waals surface area contributed by atoms with Gasteiger partial charge in [-0.3, -0.25) is 14.6 Å². The molecule has 1 amide bonds. The summed E-state index contributed by atoms with van der Waals surface area (Å²) in [5, 5.41) is 3.68. The van der Waals surface area contributed by atoms with Gasteiger partial charge in [0.1, 0.15) is 11.4 Å². The Balaban J connectivity index is 1.23. The normalized spacial score (nSPS) is 16.6. The number of carbonyl (C=O) groups excluding carboxylic acids is 2. The van der Waals surface area contributed by atoms with Crippen molar-refractivity contribution in [2.75, 3.05) is 52.5 Å². The number of nitrogens with one attached hydrogen (secondary N) is 2. The number of hydrogen-bond acceptors (Lipinski definition) is 8. The highest BCUT2D eigenvalue weighted by Gasteiger charge is 2.28. The molecule has 0 saturated carbocycles. The Morgan fingerprint density at radius 1 is 1.06 bits per heavy atom. The Hall–Kier alpha value is -3.76. The largest absolute Gasteiger partial charge is 0.497 e. The van der Waals surface area contributed by atoms with E-state index in [-0.39, 0.29) is 24.4 Å². The predicted molar refractivity (Wildman–Crippen MR) is 134 cm³/mol. The van der Waals surface area contributed by atoms with Crippen LogP contribution in [-0.4, -0.2) is 79.9 Å². The first kappa shape index (κ1) is 24.0. The number of fused-ring (bicyclic) bond motifs is 2. The molecule has 2 N–H and O–H groups in total. The highest BCUT2D eigenvalue weighted by Crippen LogP contribution is 2.33.